The first-order valence-corrected chi connectivity index (χ1v) is 6.11. The van der Waals surface area contributed by atoms with Crippen molar-refractivity contribution in [2.24, 2.45) is 0 Å². The van der Waals surface area contributed by atoms with E-state index in [0.29, 0.717) is 0 Å². The summed E-state index contributed by atoms with van der Waals surface area (Å²) in [5.74, 6) is 0. The van der Waals surface area contributed by atoms with E-state index >= 15 is 0 Å². The molecule has 1 saturated heterocycles. The zero-order valence-corrected chi connectivity index (χ0v) is 9.77. The average Bonchev–Trinajstić information content (AvgIpc) is 2.37. The molecular formula is C14H20NO. The smallest absolute Gasteiger partial charge is 0.0717 e. The highest BCUT2D eigenvalue weighted by molar-refractivity contribution is 5.13. The van der Waals surface area contributed by atoms with Gasteiger partial charge in [-0.2, -0.15) is 0 Å². The minimum atomic E-state index is 0.737. The maximum atomic E-state index is 5.67. The summed E-state index contributed by atoms with van der Waals surface area (Å²) in [5.41, 5.74) is 1.26. The maximum absolute atomic E-state index is 5.67. The number of likely N-dealkylation sites (tertiary alicyclic amines) is 1. The molecule has 2 heteroatoms. The molecule has 1 aliphatic rings. The van der Waals surface area contributed by atoms with Crippen molar-refractivity contribution in [2.45, 2.75) is 19.4 Å². The Kier molecular flexibility index (Phi) is 4.84. The van der Waals surface area contributed by atoms with E-state index in [2.05, 4.69) is 35.6 Å². The van der Waals surface area contributed by atoms with Gasteiger partial charge in [0, 0.05) is 6.54 Å². The van der Waals surface area contributed by atoms with Crippen LogP contribution in [-0.2, 0) is 11.3 Å². The van der Waals surface area contributed by atoms with Crippen LogP contribution in [0.1, 0.15) is 18.4 Å². The monoisotopic (exact) mass is 218 g/mol. The van der Waals surface area contributed by atoms with Crippen LogP contribution in [0.2, 0.25) is 0 Å². The fraction of sp³-hybridized carbons (Fsp3) is 0.500. The Morgan fingerprint density at radius 1 is 1.06 bits per heavy atom. The fourth-order valence-electron chi connectivity index (χ4n) is 1.99. The summed E-state index contributed by atoms with van der Waals surface area (Å²) in [6.45, 7) is 5.06. The second-order valence-electron chi connectivity index (χ2n) is 4.25. The Hall–Kier alpha value is -0.860. The molecule has 1 aromatic carbocycles. The van der Waals surface area contributed by atoms with Gasteiger partial charge in [-0.3, -0.25) is 0 Å². The minimum Gasteiger partial charge on any atom is -0.375 e. The predicted octanol–water partition coefficient (Wildman–Crippen LogP) is 2.50. The van der Waals surface area contributed by atoms with Crippen molar-refractivity contribution in [1.82, 2.24) is 4.90 Å². The number of ether oxygens (including phenoxy) is 1. The van der Waals surface area contributed by atoms with Gasteiger partial charge in [0.05, 0.1) is 13.2 Å². The van der Waals surface area contributed by atoms with Crippen LogP contribution in [0, 0.1) is 6.42 Å². The number of nitrogens with zero attached hydrogens (tertiary/aromatic N) is 1. The van der Waals surface area contributed by atoms with Crippen LogP contribution < -0.4 is 0 Å². The second kappa shape index (κ2) is 6.66. The first kappa shape index (κ1) is 11.6. The summed E-state index contributed by atoms with van der Waals surface area (Å²) in [4.78, 5) is 2.48. The first-order chi connectivity index (χ1) is 7.95. The SMILES string of the molecule is [CH]1CCN(CCOCc2ccccc2)CC1. The van der Waals surface area contributed by atoms with Crippen molar-refractivity contribution in [3.63, 3.8) is 0 Å². The van der Waals surface area contributed by atoms with E-state index in [1.807, 2.05) is 6.07 Å². The van der Waals surface area contributed by atoms with E-state index in [9.17, 15) is 0 Å². The first-order valence-electron chi connectivity index (χ1n) is 6.11. The predicted molar refractivity (Wildman–Crippen MR) is 66.1 cm³/mol. The molecule has 0 spiro atoms. The lowest BCUT2D eigenvalue weighted by Gasteiger charge is -2.25. The van der Waals surface area contributed by atoms with Gasteiger partial charge < -0.3 is 9.64 Å². The highest BCUT2D eigenvalue weighted by Gasteiger charge is 2.08. The number of piperidine rings is 1. The maximum Gasteiger partial charge on any atom is 0.0717 e. The lowest BCUT2D eigenvalue weighted by molar-refractivity contribution is 0.0898. The average molecular weight is 218 g/mol. The van der Waals surface area contributed by atoms with Gasteiger partial charge in [0.25, 0.3) is 0 Å². The Morgan fingerprint density at radius 3 is 2.56 bits per heavy atom. The van der Waals surface area contributed by atoms with E-state index in [1.54, 1.807) is 0 Å². The Morgan fingerprint density at radius 2 is 1.81 bits per heavy atom. The van der Waals surface area contributed by atoms with E-state index in [4.69, 9.17) is 4.74 Å². The highest BCUT2D eigenvalue weighted by Crippen LogP contribution is 2.07. The van der Waals surface area contributed by atoms with Gasteiger partial charge in [-0.15, -0.1) is 0 Å². The van der Waals surface area contributed by atoms with Gasteiger partial charge in [0.2, 0.25) is 0 Å². The van der Waals surface area contributed by atoms with Crippen LogP contribution in [0.15, 0.2) is 30.3 Å². The summed E-state index contributed by atoms with van der Waals surface area (Å²) in [7, 11) is 0. The zero-order valence-electron chi connectivity index (χ0n) is 9.77. The molecule has 1 heterocycles. The minimum absolute atomic E-state index is 0.737. The number of hydrogen-bond acceptors (Lipinski definition) is 2. The third kappa shape index (κ3) is 3.95. The van der Waals surface area contributed by atoms with Crippen LogP contribution >= 0.6 is 0 Å². The molecule has 0 N–H and O–H groups in total. The molecule has 1 aliphatic heterocycles. The Bertz CT molecular complexity index is 280. The molecule has 0 amide bonds. The topological polar surface area (TPSA) is 12.5 Å². The highest BCUT2D eigenvalue weighted by atomic mass is 16.5. The molecule has 87 valence electrons. The van der Waals surface area contributed by atoms with Crippen molar-refractivity contribution in [3.05, 3.63) is 42.3 Å². The molecule has 2 rings (SSSR count). The Balaban J connectivity index is 1.58. The molecule has 0 aliphatic carbocycles. The van der Waals surface area contributed by atoms with Crippen molar-refractivity contribution < 1.29 is 4.74 Å². The molecule has 2 nitrogen and oxygen atoms in total. The van der Waals surface area contributed by atoms with Gasteiger partial charge in [-0.1, -0.05) is 30.3 Å². The number of benzene rings is 1. The van der Waals surface area contributed by atoms with Crippen LogP contribution in [0.3, 0.4) is 0 Å². The van der Waals surface area contributed by atoms with Gasteiger partial charge >= 0.3 is 0 Å². The van der Waals surface area contributed by atoms with Gasteiger partial charge in [0.1, 0.15) is 0 Å². The molecule has 0 atom stereocenters. The third-order valence-electron chi connectivity index (χ3n) is 2.96. The van der Waals surface area contributed by atoms with E-state index in [-0.39, 0.29) is 0 Å². The lowest BCUT2D eigenvalue weighted by atomic mass is 10.1. The van der Waals surface area contributed by atoms with E-state index < -0.39 is 0 Å². The van der Waals surface area contributed by atoms with Crippen molar-refractivity contribution >= 4 is 0 Å². The lowest BCUT2D eigenvalue weighted by Crippen LogP contribution is -2.32. The largest absolute Gasteiger partial charge is 0.375 e. The fourth-order valence-corrected chi connectivity index (χ4v) is 1.99. The standard InChI is InChI=1S/C14H20NO/c1-3-7-14(8-4-1)13-16-12-11-15-9-5-2-6-10-15/h1-4,7-8H,5-6,9-13H2. The molecular weight excluding hydrogens is 198 g/mol. The van der Waals surface area contributed by atoms with Crippen LogP contribution in [0.25, 0.3) is 0 Å². The van der Waals surface area contributed by atoms with Crippen LogP contribution in [0.4, 0.5) is 0 Å². The molecule has 0 unspecified atom stereocenters. The summed E-state index contributed by atoms with van der Waals surface area (Å²) in [6, 6.07) is 10.4. The third-order valence-corrected chi connectivity index (χ3v) is 2.96. The molecule has 1 aromatic rings. The summed E-state index contributed by atoms with van der Waals surface area (Å²) in [5, 5.41) is 0. The summed E-state index contributed by atoms with van der Waals surface area (Å²) >= 11 is 0. The molecule has 0 saturated carbocycles. The number of hydrogen-bond donors (Lipinski definition) is 0. The van der Waals surface area contributed by atoms with Crippen molar-refractivity contribution in [1.29, 1.82) is 0 Å². The number of rotatable bonds is 5. The molecule has 0 bridgehead atoms. The summed E-state index contributed by atoms with van der Waals surface area (Å²) < 4.78 is 5.67. The van der Waals surface area contributed by atoms with Gasteiger partial charge in [0.15, 0.2) is 0 Å². The van der Waals surface area contributed by atoms with Crippen LogP contribution in [0.5, 0.6) is 0 Å². The second-order valence-corrected chi connectivity index (χ2v) is 4.25. The van der Waals surface area contributed by atoms with Crippen LogP contribution in [-0.4, -0.2) is 31.1 Å². The molecule has 16 heavy (non-hydrogen) atoms. The Labute approximate surface area is 98.2 Å². The van der Waals surface area contributed by atoms with Crippen molar-refractivity contribution in [3.8, 4) is 0 Å². The van der Waals surface area contributed by atoms with Gasteiger partial charge in [-0.05, 0) is 37.9 Å². The molecule has 1 radical (unpaired) electrons. The van der Waals surface area contributed by atoms with E-state index in [1.165, 1.54) is 31.5 Å². The van der Waals surface area contributed by atoms with Gasteiger partial charge in [-0.25, -0.2) is 0 Å². The summed E-state index contributed by atoms with van der Waals surface area (Å²) in [6.07, 6.45) is 4.85. The van der Waals surface area contributed by atoms with E-state index in [0.717, 1.165) is 19.8 Å². The zero-order chi connectivity index (χ0) is 11.1. The normalized spacial score (nSPS) is 17.5. The molecule has 1 fully saturated rings. The quantitative estimate of drug-likeness (QED) is 0.704. The molecule has 0 aromatic heterocycles. The van der Waals surface area contributed by atoms with Crippen molar-refractivity contribution in [2.75, 3.05) is 26.2 Å².